The minimum absolute atomic E-state index is 0.0312. The van der Waals surface area contributed by atoms with Gasteiger partial charge in [0.15, 0.2) is 5.78 Å². The summed E-state index contributed by atoms with van der Waals surface area (Å²) in [4.78, 5) is 12.0. The molecular weight excluding hydrogens is 275 g/mol. The molecule has 0 spiro atoms. The molecule has 0 unspecified atom stereocenters. The molecule has 2 aromatic rings. The van der Waals surface area contributed by atoms with Gasteiger partial charge in [-0.1, -0.05) is 29.3 Å². The second-order valence-electron chi connectivity index (χ2n) is 3.66. The van der Waals surface area contributed by atoms with Crippen LogP contribution in [-0.2, 0) is 6.42 Å². The van der Waals surface area contributed by atoms with Crippen molar-refractivity contribution in [3.05, 3.63) is 56.2 Å². The molecule has 2 rings (SSSR count). The summed E-state index contributed by atoms with van der Waals surface area (Å²) in [6.45, 7) is 0. The zero-order chi connectivity index (χ0) is 12.3. The fraction of sp³-hybridized carbons (Fsp3) is 0.154. The molecule has 0 saturated heterocycles. The predicted octanol–water partition coefficient (Wildman–Crippen LogP) is 4.87. The van der Waals surface area contributed by atoms with Crippen LogP contribution in [0.4, 0.5) is 0 Å². The molecule has 17 heavy (non-hydrogen) atoms. The van der Waals surface area contributed by atoms with Crippen LogP contribution in [0.2, 0.25) is 10.0 Å². The third-order valence-corrected chi connectivity index (χ3v) is 4.02. The Morgan fingerprint density at radius 3 is 2.76 bits per heavy atom. The van der Waals surface area contributed by atoms with Gasteiger partial charge in [0.2, 0.25) is 0 Å². The monoisotopic (exact) mass is 284 g/mol. The van der Waals surface area contributed by atoms with Gasteiger partial charge in [-0.2, -0.15) is 11.3 Å². The maximum Gasteiger partial charge on any atom is 0.164 e. The van der Waals surface area contributed by atoms with Crippen molar-refractivity contribution >= 4 is 40.3 Å². The SMILES string of the molecule is O=C(CCc1ccsc1)c1cccc(Cl)c1Cl. The van der Waals surface area contributed by atoms with Gasteiger partial charge >= 0.3 is 0 Å². The van der Waals surface area contributed by atoms with Crippen LogP contribution < -0.4 is 0 Å². The number of carbonyl (C=O) groups excluding carboxylic acids is 1. The molecule has 0 aliphatic rings. The molecule has 0 amide bonds. The molecule has 0 N–H and O–H groups in total. The van der Waals surface area contributed by atoms with Crippen LogP contribution in [0.15, 0.2) is 35.0 Å². The van der Waals surface area contributed by atoms with E-state index in [1.165, 1.54) is 5.56 Å². The Kier molecular flexibility index (Phi) is 4.21. The van der Waals surface area contributed by atoms with Gasteiger partial charge in [-0.15, -0.1) is 0 Å². The van der Waals surface area contributed by atoms with Crippen LogP contribution in [-0.4, -0.2) is 5.78 Å². The van der Waals surface area contributed by atoms with E-state index in [0.29, 0.717) is 22.0 Å². The van der Waals surface area contributed by atoms with Crippen molar-refractivity contribution in [2.24, 2.45) is 0 Å². The van der Waals surface area contributed by atoms with Crippen molar-refractivity contribution in [1.29, 1.82) is 0 Å². The van der Waals surface area contributed by atoms with Gasteiger partial charge in [0.05, 0.1) is 10.0 Å². The smallest absolute Gasteiger partial charge is 0.164 e. The lowest BCUT2D eigenvalue weighted by Gasteiger charge is -2.04. The van der Waals surface area contributed by atoms with Crippen molar-refractivity contribution in [2.45, 2.75) is 12.8 Å². The lowest BCUT2D eigenvalue weighted by molar-refractivity contribution is 0.0983. The maximum atomic E-state index is 12.0. The highest BCUT2D eigenvalue weighted by Gasteiger charge is 2.12. The Hall–Kier alpha value is -0.830. The molecule has 0 aliphatic heterocycles. The van der Waals surface area contributed by atoms with Crippen molar-refractivity contribution in [2.75, 3.05) is 0 Å². The van der Waals surface area contributed by atoms with Crippen LogP contribution in [0.5, 0.6) is 0 Å². The minimum Gasteiger partial charge on any atom is -0.294 e. The molecule has 0 radical (unpaired) electrons. The molecule has 0 aliphatic carbocycles. The third kappa shape index (κ3) is 3.09. The highest BCUT2D eigenvalue weighted by Crippen LogP contribution is 2.26. The molecule has 88 valence electrons. The second-order valence-corrected chi connectivity index (χ2v) is 5.22. The summed E-state index contributed by atoms with van der Waals surface area (Å²) < 4.78 is 0. The zero-order valence-electron chi connectivity index (χ0n) is 8.95. The van der Waals surface area contributed by atoms with Gasteiger partial charge in [0, 0.05) is 12.0 Å². The Balaban J connectivity index is 2.07. The highest BCUT2D eigenvalue weighted by molar-refractivity contribution is 7.07. The Bertz CT molecular complexity index is 520. The lowest BCUT2D eigenvalue weighted by atomic mass is 10.0. The summed E-state index contributed by atoms with van der Waals surface area (Å²) in [5, 5.41) is 4.83. The normalized spacial score (nSPS) is 10.5. The average molecular weight is 285 g/mol. The van der Waals surface area contributed by atoms with Gasteiger partial charge < -0.3 is 0 Å². The number of rotatable bonds is 4. The fourth-order valence-corrected chi connectivity index (χ4v) is 2.66. The first-order valence-electron chi connectivity index (χ1n) is 5.17. The van der Waals surface area contributed by atoms with Crippen molar-refractivity contribution < 1.29 is 4.79 Å². The van der Waals surface area contributed by atoms with E-state index in [1.54, 1.807) is 29.5 Å². The molecule has 0 bridgehead atoms. The van der Waals surface area contributed by atoms with E-state index in [2.05, 4.69) is 0 Å². The number of aryl methyl sites for hydroxylation is 1. The summed E-state index contributed by atoms with van der Waals surface area (Å²) in [6, 6.07) is 7.16. The molecule has 4 heteroatoms. The number of hydrogen-bond acceptors (Lipinski definition) is 2. The summed E-state index contributed by atoms with van der Waals surface area (Å²) >= 11 is 13.5. The number of hydrogen-bond donors (Lipinski definition) is 0. The third-order valence-electron chi connectivity index (χ3n) is 2.47. The number of Topliss-reactive ketones (excluding diaryl/α,β-unsaturated/α-hetero) is 1. The largest absolute Gasteiger partial charge is 0.294 e. The lowest BCUT2D eigenvalue weighted by Crippen LogP contribution is -2.01. The van der Waals surface area contributed by atoms with Crippen LogP contribution in [0, 0.1) is 0 Å². The van der Waals surface area contributed by atoms with Gasteiger partial charge in [0.25, 0.3) is 0 Å². The van der Waals surface area contributed by atoms with E-state index < -0.39 is 0 Å². The first-order valence-corrected chi connectivity index (χ1v) is 6.86. The first kappa shape index (κ1) is 12.6. The Labute approximate surface area is 114 Å². The van der Waals surface area contributed by atoms with Crippen molar-refractivity contribution in [3.63, 3.8) is 0 Å². The molecule has 0 saturated carbocycles. The number of halogens is 2. The highest BCUT2D eigenvalue weighted by atomic mass is 35.5. The van der Waals surface area contributed by atoms with Crippen LogP contribution in [0.25, 0.3) is 0 Å². The van der Waals surface area contributed by atoms with Gasteiger partial charge in [-0.3, -0.25) is 4.79 Å². The van der Waals surface area contributed by atoms with E-state index in [4.69, 9.17) is 23.2 Å². The summed E-state index contributed by atoms with van der Waals surface area (Å²) in [7, 11) is 0. The van der Waals surface area contributed by atoms with Crippen molar-refractivity contribution in [1.82, 2.24) is 0 Å². The topological polar surface area (TPSA) is 17.1 Å². The Morgan fingerprint density at radius 1 is 1.24 bits per heavy atom. The fourth-order valence-electron chi connectivity index (χ4n) is 1.55. The first-order chi connectivity index (χ1) is 8.18. The Morgan fingerprint density at radius 2 is 2.06 bits per heavy atom. The predicted molar refractivity (Wildman–Crippen MR) is 73.4 cm³/mol. The van der Waals surface area contributed by atoms with Crippen LogP contribution in [0.1, 0.15) is 22.3 Å². The van der Waals surface area contributed by atoms with E-state index >= 15 is 0 Å². The summed E-state index contributed by atoms with van der Waals surface area (Å²) in [5.41, 5.74) is 1.69. The quantitative estimate of drug-likeness (QED) is 0.732. The average Bonchev–Trinajstić information content (AvgIpc) is 2.82. The number of benzene rings is 1. The second kappa shape index (κ2) is 5.67. The summed E-state index contributed by atoms with van der Waals surface area (Å²) in [5.74, 6) is 0.0312. The minimum atomic E-state index is 0.0312. The van der Waals surface area contributed by atoms with Gasteiger partial charge in [0.1, 0.15) is 0 Å². The molecule has 0 fully saturated rings. The maximum absolute atomic E-state index is 12.0. The van der Waals surface area contributed by atoms with E-state index in [9.17, 15) is 4.79 Å². The molecule has 1 aromatic heterocycles. The zero-order valence-corrected chi connectivity index (χ0v) is 11.3. The van der Waals surface area contributed by atoms with Crippen LogP contribution in [0.3, 0.4) is 0 Å². The molecule has 1 nitrogen and oxygen atoms in total. The molecule has 0 atom stereocenters. The van der Waals surface area contributed by atoms with E-state index in [0.717, 1.165) is 6.42 Å². The van der Waals surface area contributed by atoms with E-state index in [1.807, 2.05) is 16.8 Å². The van der Waals surface area contributed by atoms with Gasteiger partial charge in [-0.05, 0) is 40.9 Å². The van der Waals surface area contributed by atoms with Gasteiger partial charge in [-0.25, -0.2) is 0 Å². The summed E-state index contributed by atoms with van der Waals surface area (Å²) in [6.07, 6.45) is 1.20. The van der Waals surface area contributed by atoms with Crippen molar-refractivity contribution in [3.8, 4) is 0 Å². The molecular formula is C13H10Cl2OS. The number of thiophene rings is 1. The number of ketones is 1. The standard InChI is InChI=1S/C13H10Cl2OS/c14-11-3-1-2-10(13(11)15)12(16)5-4-9-6-7-17-8-9/h1-3,6-8H,4-5H2. The number of carbonyl (C=O) groups is 1. The van der Waals surface area contributed by atoms with Crippen LogP contribution >= 0.6 is 34.5 Å². The molecule has 1 heterocycles. The molecule has 1 aromatic carbocycles. The van der Waals surface area contributed by atoms with E-state index in [-0.39, 0.29) is 5.78 Å².